The summed E-state index contributed by atoms with van der Waals surface area (Å²) in [6.45, 7) is 7.96. The van der Waals surface area contributed by atoms with Gasteiger partial charge >= 0.3 is 7.12 Å². The van der Waals surface area contributed by atoms with Crippen LogP contribution < -0.4 is 5.46 Å². The zero-order valence-corrected chi connectivity index (χ0v) is 69.8. The number of nitrogens with one attached hydrogen (secondary N) is 3. The molecule has 0 aliphatic rings. The van der Waals surface area contributed by atoms with E-state index in [0.29, 0.717) is 22.4 Å². The van der Waals surface area contributed by atoms with Crippen molar-refractivity contribution >= 4 is 183 Å². The molecule has 0 radical (unpaired) electrons. The Hall–Kier alpha value is -10.8. The van der Waals surface area contributed by atoms with Crippen molar-refractivity contribution in [2.45, 2.75) is 47.3 Å². The highest BCUT2D eigenvalue weighted by Crippen LogP contribution is 2.28. The molecule has 0 saturated heterocycles. The maximum atomic E-state index is 12.5. The minimum absolute atomic E-state index is 0.136. The molecule has 113 heavy (non-hydrogen) atoms. The molecule has 0 aliphatic carbocycles. The quantitative estimate of drug-likeness (QED) is 0.0509. The van der Waals surface area contributed by atoms with Crippen molar-refractivity contribution in [1.82, 2.24) is 56.8 Å². The first-order valence-electron chi connectivity index (χ1n) is 34.2. The third-order valence-corrected chi connectivity index (χ3v) is 24.2. The fourth-order valence-corrected chi connectivity index (χ4v) is 17.1. The summed E-state index contributed by atoms with van der Waals surface area (Å²) in [5, 5.41) is 23.1. The Bertz CT molecular complexity index is 6390. The molecule has 572 valence electrons. The Balaban J connectivity index is 0.000000130. The van der Waals surface area contributed by atoms with Gasteiger partial charge in [0.05, 0.1) is 23.3 Å². The number of aromatic amines is 3. The maximum absolute atomic E-state index is 12.5. The predicted octanol–water partition coefficient (Wildman–Crippen LogP) is 17.5. The number of hydrogen-bond acceptors (Lipinski definition) is 16. The van der Waals surface area contributed by atoms with Crippen LogP contribution >= 0.6 is 65.1 Å². The average molecular weight is 1840 g/mol. The van der Waals surface area contributed by atoms with Crippen molar-refractivity contribution in [2.75, 3.05) is 0 Å². The van der Waals surface area contributed by atoms with Gasteiger partial charge in [-0.25, -0.2) is 75.5 Å². The molecule has 12 aromatic heterocycles. The molecule has 12 heterocycles. The molecule has 22 nitrogen and oxygen atoms in total. The van der Waals surface area contributed by atoms with Gasteiger partial charge in [-0.3, -0.25) is 0 Å². The molecule has 6 aromatic carbocycles. The Morgan fingerprint density at radius 2 is 0.708 bits per heavy atom. The SMILES string of the molecule is Brc1cnc2[nH]ccc2c1.Cc1cnc2[nH]c(-c3ccccc3)cc2c1.Cc1cnc2[nH]c(I)cc2c1.Cc1cnc2c(ccn2S(=O)(=O)c2ccccc2)c1.Cc1cnc2c(ccn2S(=O)(=O)c2ccccc2)c1.O=S(=O)(Cl)c1ccccc1.O=S(=O)(c1ccccc1)n1ccc2cc(Br)cnc21.OB(O)c1ccccc1. The standard InChI is InChI=1S/2C14H12N2O2S.C14H12N2.C13H9BrN2O2S.C8H7IN2.C7H5BrN2.C6H7BO2.C6H5ClO2S/c2*1-11-9-12-7-8-16(14(12)15-10-11)19(17,18)13-5-3-2-4-6-13;1-10-7-12-8-13(16-14(12)15-9-10)11-5-3-2-4-6-11;14-11-8-10-6-7-16(13(10)15-9-11)19(17,18)12-4-2-1-3-5-12;1-5-2-6-3-7(9)11-8(6)10-4-5;8-6-3-5-1-2-9-7(5)10-4-6;8-7(9)6-4-2-1-3-5-6;7-10(8,9)6-4-2-1-3-5-6/h2*2-10H,1H3;2-9H,1H3,(H,15,16);1-9H;2-4H,1H3,(H,10,11);1-4H,(H,9,10);1-5,8-9H;1-5H. The number of rotatable bonds is 9. The van der Waals surface area contributed by atoms with Crippen LogP contribution in [-0.2, 0) is 39.1 Å². The van der Waals surface area contributed by atoms with E-state index in [0.717, 1.165) is 68.0 Å². The molecule has 0 unspecified atom stereocenters. The van der Waals surface area contributed by atoms with Gasteiger partial charge in [0.25, 0.3) is 39.1 Å². The second-order valence-electron chi connectivity index (χ2n) is 24.9. The van der Waals surface area contributed by atoms with E-state index in [-0.39, 0.29) is 19.6 Å². The Kier molecular flexibility index (Phi) is 27.7. The van der Waals surface area contributed by atoms with Crippen LogP contribution in [0.5, 0.6) is 0 Å². The topological polar surface area (TPSA) is 317 Å². The number of fused-ring (bicyclic) bond motifs is 6. The van der Waals surface area contributed by atoms with Crippen LogP contribution in [0.25, 0.3) is 77.5 Å². The van der Waals surface area contributed by atoms with Crippen LogP contribution in [0.2, 0.25) is 0 Å². The van der Waals surface area contributed by atoms with Crippen LogP contribution in [0.1, 0.15) is 22.3 Å². The van der Waals surface area contributed by atoms with Crippen molar-refractivity contribution in [3.8, 4) is 11.3 Å². The second-order valence-corrected chi connectivity index (χ2v) is 35.9. The van der Waals surface area contributed by atoms with Gasteiger partial charge in [-0.1, -0.05) is 133 Å². The summed E-state index contributed by atoms with van der Waals surface area (Å²) in [6, 6.07) is 75.3. The van der Waals surface area contributed by atoms with Gasteiger partial charge in [-0.2, -0.15) is 0 Å². The molecule has 31 heteroatoms. The number of benzene rings is 6. The first-order chi connectivity index (χ1) is 54.1. The lowest BCUT2D eigenvalue weighted by Crippen LogP contribution is -2.29. The molecule has 0 bridgehead atoms. The van der Waals surface area contributed by atoms with Crippen molar-refractivity contribution in [3.05, 3.63) is 352 Å². The van der Waals surface area contributed by atoms with Crippen molar-refractivity contribution in [1.29, 1.82) is 0 Å². The number of H-pyrrole nitrogens is 3. The lowest BCUT2D eigenvalue weighted by molar-refractivity contribution is 0.425. The van der Waals surface area contributed by atoms with Gasteiger partial charge in [0.1, 0.15) is 16.9 Å². The smallest absolute Gasteiger partial charge is 0.423 e. The Morgan fingerprint density at radius 1 is 0.372 bits per heavy atom. The van der Waals surface area contributed by atoms with Gasteiger partial charge in [0, 0.05) is 120 Å². The van der Waals surface area contributed by atoms with E-state index in [1.165, 1.54) is 57.7 Å². The normalized spacial score (nSPS) is 11.2. The largest absolute Gasteiger partial charge is 0.488 e. The van der Waals surface area contributed by atoms with E-state index in [2.05, 4.69) is 143 Å². The van der Waals surface area contributed by atoms with Crippen LogP contribution in [0, 0.1) is 31.4 Å². The van der Waals surface area contributed by atoms with E-state index in [1.54, 1.807) is 189 Å². The molecule has 0 aliphatic heterocycles. The highest BCUT2D eigenvalue weighted by atomic mass is 127. The fraction of sp³-hybridized carbons (Fsp3) is 0.0488. The van der Waals surface area contributed by atoms with E-state index >= 15 is 0 Å². The summed E-state index contributed by atoms with van der Waals surface area (Å²) in [6.07, 6.45) is 16.9. The molecular weight excluding hydrogens is 1770 g/mol. The molecule has 0 amide bonds. The number of pyridine rings is 6. The molecule has 0 spiro atoms. The van der Waals surface area contributed by atoms with Gasteiger partial charge in [-0.15, -0.1) is 0 Å². The van der Waals surface area contributed by atoms with Crippen molar-refractivity contribution in [2.24, 2.45) is 0 Å². The molecule has 0 atom stereocenters. The van der Waals surface area contributed by atoms with Gasteiger partial charge in [0.2, 0.25) is 0 Å². The zero-order chi connectivity index (χ0) is 80.5. The minimum Gasteiger partial charge on any atom is -0.423 e. The predicted molar refractivity (Wildman–Crippen MR) is 463 cm³/mol. The average Bonchev–Trinajstić information content (AvgIpc) is 1.66. The molecule has 0 fully saturated rings. The summed E-state index contributed by atoms with van der Waals surface area (Å²) in [4.78, 5) is 35.8. The third kappa shape index (κ3) is 21.7. The molecule has 0 saturated carbocycles. The lowest BCUT2D eigenvalue weighted by atomic mass is 9.81. The van der Waals surface area contributed by atoms with E-state index in [1.807, 2.05) is 94.0 Å². The first kappa shape index (κ1) is 83.2. The minimum atomic E-state index is -3.60. The summed E-state index contributed by atoms with van der Waals surface area (Å²) < 4.78 is 103. The molecule has 5 N–H and O–H groups in total. The first-order valence-corrected chi connectivity index (χ1v) is 43.4. The highest BCUT2D eigenvalue weighted by molar-refractivity contribution is 14.1. The molecule has 18 rings (SSSR count). The Labute approximate surface area is 687 Å². The monoisotopic (exact) mass is 1840 g/mol. The van der Waals surface area contributed by atoms with E-state index in [4.69, 9.17) is 20.7 Å². The summed E-state index contributed by atoms with van der Waals surface area (Å²) in [7, 11) is -10.6. The van der Waals surface area contributed by atoms with Crippen molar-refractivity contribution < 1.29 is 43.7 Å². The zero-order valence-electron chi connectivity index (χ0n) is 60.4. The number of halogens is 4. The van der Waals surface area contributed by atoms with Crippen LogP contribution in [-0.4, -0.2) is 108 Å². The number of hydrogen-bond donors (Lipinski definition) is 5. The Morgan fingerprint density at radius 3 is 1.12 bits per heavy atom. The van der Waals surface area contributed by atoms with Gasteiger partial charge in [0.15, 0.2) is 16.9 Å². The van der Waals surface area contributed by atoms with Gasteiger partial charge < -0.3 is 25.0 Å². The van der Waals surface area contributed by atoms with Crippen molar-refractivity contribution in [3.63, 3.8) is 0 Å². The lowest BCUT2D eigenvalue weighted by Gasteiger charge is -2.06. The summed E-state index contributed by atoms with van der Waals surface area (Å²) >= 11 is 8.91. The van der Waals surface area contributed by atoms with Crippen LogP contribution in [0.4, 0.5) is 0 Å². The van der Waals surface area contributed by atoms with Crippen LogP contribution in [0.3, 0.4) is 0 Å². The third-order valence-electron chi connectivity index (χ3n) is 16.4. The number of aryl methyl sites for hydroxylation is 4. The van der Waals surface area contributed by atoms with Gasteiger partial charge in [-0.05, 0) is 237 Å². The molecular formula is C82H69BBr2ClIN12O10S4. The van der Waals surface area contributed by atoms with E-state index in [9.17, 15) is 33.7 Å². The van der Waals surface area contributed by atoms with E-state index < -0.39 is 46.2 Å². The summed E-state index contributed by atoms with van der Waals surface area (Å²) in [5.74, 6) is 0. The second kappa shape index (κ2) is 37.7. The number of nitrogens with zero attached hydrogens (tertiary/aromatic N) is 9. The fourth-order valence-electron chi connectivity index (χ4n) is 11.0. The number of aromatic nitrogens is 12. The molecule has 18 aromatic rings. The highest BCUT2D eigenvalue weighted by Gasteiger charge is 2.22. The van der Waals surface area contributed by atoms with Crippen LogP contribution in [0.15, 0.2) is 345 Å². The summed E-state index contributed by atoms with van der Waals surface area (Å²) in [5.41, 5.74) is 11.4. The maximum Gasteiger partial charge on any atom is 0.488 e.